The van der Waals surface area contributed by atoms with Gasteiger partial charge in [-0.1, -0.05) is 0 Å². The van der Waals surface area contributed by atoms with Gasteiger partial charge in [0, 0.05) is 21.1 Å². The molecule has 0 N–H and O–H groups in total. The Balaban J connectivity index is -0.0000000271. The summed E-state index contributed by atoms with van der Waals surface area (Å²) in [6, 6.07) is 0. The molecule has 2 aliphatic rings. The van der Waals surface area contributed by atoms with Gasteiger partial charge in [-0.15, -0.1) is 0 Å². The van der Waals surface area contributed by atoms with Crippen molar-refractivity contribution < 1.29 is 60.7 Å². The van der Waals surface area contributed by atoms with Crippen LogP contribution in [0.4, 0.5) is 0 Å². The molecule has 23 heavy (non-hydrogen) atoms. The van der Waals surface area contributed by atoms with Crippen molar-refractivity contribution in [2.24, 2.45) is 0 Å². The van der Waals surface area contributed by atoms with Crippen LogP contribution in [0, 0.1) is 96.6 Å². The van der Waals surface area contributed by atoms with E-state index in [0.717, 1.165) is 0 Å². The zero-order valence-electron chi connectivity index (χ0n) is 12.2. The molecule has 0 aromatic carbocycles. The van der Waals surface area contributed by atoms with E-state index in [1.807, 2.05) is 71.1 Å². The maximum Gasteiger partial charge on any atom is 2.00 e. The normalized spacial score (nSPS) is 11.6. The van der Waals surface area contributed by atoms with E-state index in [4.69, 9.17) is 18.6 Å². The Morgan fingerprint density at radius 3 is 0.652 bits per heavy atom. The summed E-state index contributed by atoms with van der Waals surface area (Å²) >= 11 is 4.27. The van der Waals surface area contributed by atoms with Crippen LogP contribution in [0.5, 0.6) is 0 Å². The number of rotatable bonds is 0. The summed E-state index contributed by atoms with van der Waals surface area (Å²) in [5, 5.41) is 0. The monoisotopic (exact) mass is 498 g/mol. The third-order valence-corrected chi connectivity index (χ3v) is 1.11. The molecule has 120 valence electrons. The minimum Gasteiger partial charge on any atom is -0.0312 e. The van der Waals surface area contributed by atoms with E-state index < -0.39 is 0 Å². The van der Waals surface area contributed by atoms with Gasteiger partial charge in [0.1, 0.15) is 0 Å². The topological polar surface area (TPSA) is 79.6 Å². The maximum atomic E-state index is 7.50. The molecule has 4 nitrogen and oxygen atoms in total. The van der Waals surface area contributed by atoms with Crippen molar-refractivity contribution in [3.63, 3.8) is 0 Å². The second-order valence-electron chi connectivity index (χ2n) is 2.16. The summed E-state index contributed by atoms with van der Waals surface area (Å²) in [5.41, 5.74) is 0. The van der Waals surface area contributed by atoms with Crippen LogP contribution in [-0.4, -0.2) is 0 Å². The summed E-state index contributed by atoms with van der Waals surface area (Å²) < 4.78 is 30.0. The molecule has 0 bridgehead atoms. The molecule has 0 aromatic rings. The zero-order valence-corrected chi connectivity index (χ0v) is 17.0. The summed E-state index contributed by atoms with van der Waals surface area (Å²) in [4.78, 5) is 0. The first-order valence-corrected chi connectivity index (χ1v) is 5.43. The maximum absolute atomic E-state index is 7.50. The van der Waals surface area contributed by atoms with Crippen LogP contribution in [-0.2, 0) is 73.4 Å². The molecule has 10 radical (unpaired) electrons. The molecule has 7 heteroatoms. The Bertz CT molecular complexity index is 162. The predicted molar refractivity (Wildman–Crippen MR) is 76.1 cm³/mol. The Labute approximate surface area is 176 Å². The van der Waals surface area contributed by atoms with Crippen molar-refractivity contribution >= 4 is 12.6 Å². The van der Waals surface area contributed by atoms with E-state index >= 15 is 0 Å². The van der Waals surface area contributed by atoms with Gasteiger partial charge in [0.05, 0.1) is 0 Å². The molecular formula is C16H14Mo2O4S. The Morgan fingerprint density at radius 2 is 0.609 bits per heavy atom. The smallest absolute Gasteiger partial charge is 0.0312 e. The number of hydrogen-bond acceptors (Lipinski definition) is 1. The SMILES string of the molecule is C[CH-][S-].[C-]#[O+].[C-]#[O+].[C-]#[O+].[C-]#[O+].[CH]1[CH][CH][CH][CH]1.[CH]1[CH][CH][CH][CH]1.[Mo+2].[Mo]. The summed E-state index contributed by atoms with van der Waals surface area (Å²) in [7, 11) is 0. The first-order valence-electron chi connectivity index (χ1n) is 4.96. The molecule has 0 saturated heterocycles. The Hall–Kier alpha value is 0.687. The first kappa shape index (κ1) is 43.8. The van der Waals surface area contributed by atoms with Crippen molar-refractivity contribution in [1.29, 1.82) is 0 Å². The molecule has 2 aliphatic carbocycles. The molecule has 0 atom stereocenters. The van der Waals surface area contributed by atoms with Crippen LogP contribution in [0.15, 0.2) is 0 Å². The zero-order chi connectivity index (χ0) is 17.8. The summed E-state index contributed by atoms with van der Waals surface area (Å²) in [6.07, 6.45) is 20.0. The average molecular weight is 494 g/mol. The van der Waals surface area contributed by atoms with Crippen LogP contribution in [0.1, 0.15) is 6.92 Å². The van der Waals surface area contributed by atoms with E-state index in [-0.39, 0.29) is 42.1 Å². The minimum atomic E-state index is 0. The van der Waals surface area contributed by atoms with Gasteiger partial charge in [0.15, 0.2) is 0 Å². The molecule has 2 fully saturated rings. The standard InChI is InChI=1S/2C5H5.C2H4S.4CO.2Mo/c2*1-2-4-5-3-1;1-2-3;4*1-2;;/h2*1-5H;2H,1H3;;;;;;/q;;-2;;;;;;+2. The first-order chi connectivity index (χ1) is 10.4. The molecule has 0 unspecified atom stereocenters. The fraction of sp³-hybridized carbons (Fsp3) is 0.0625. The van der Waals surface area contributed by atoms with E-state index in [1.54, 1.807) is 5.75 Å². The van der Waals surface area contributed by atoms with Crippen LogP contribution < -0.4 is 0 Å². The van der Waals surface area contributed by atoms with Gasteiger partial charge >= 0.3 is 66.3 Å². The van der Waals surface area contributed by atoms with Crippen LogP contribution in [0.2, 0.25) is 0 Å². The van der Waals surface area contributed by atoms with Gasteiger partial charge < -0.3 is 18.4 Å². The van der Waals surface area contributed by atoms with Crippen molar-refractivity contribution in [3.05, 3.63) is 96.6 Å². The van der Waals surface area contributed by atoms with Gasteiger partial charge in [0.2, 0.25) is 0 Å². The molecule has 0 heterocycles. The van der Waals surface area contributed by atoms with E-state index in [0.29, 0.717) is 0 Å². The van der Waals surface area contributed by atoms with Gasteiger partial charge in [0.25, 0.3) is 0 Å². The van der Waals surface area contributed by atoms with Crippen LogP contribution in [0.25, 0.3) is 0 Å². The minimum absolute atomic E-state index is 0. The van der Waals surface area contributed by atoms with E-state index in [2.05, 4.69) is 39.2 Å². The Kier molecular flexibility index (Phi) is 149. The van der Waals surface area contributed by atoms with Gasteiger partial charge in [-0.25, -0.2) is 6.92 Å². The third kappa shape index (κ3) is 85.0. The molecule has 2 saturated carbocycles. The van der Waals surface area contributed by atoms with Gasteiger partial charge in [-0.05, 0) is 64.2 Å². The fourth-order valence-electron chi connectivity index (χ4n) is 0.642. The quantitative estimate of drug-likeness (QED) is 0.221. The average Bonchev–Trinajstić information content (AvgIpc) is 3.33. The van der Waals surface area contributed by atoms with Gasteiger partial charge in [-0.2, -0.15) is 0 Å². The van der Waals surface area contributed by atoms with Crippen molar-refractivity contribution in [1.82, 2.24) is 0 Å². The summed E-state index contributed by atoms with van der Waals surface area (Å²) in [5.74, 6) is 1.58. The van der Waals surface area contributed by atoms with E-state index in [1.165, 1.54) is 0 Å². The van der Waals surface area contributed by atoms with Crippen molar-refractivity contribution in [3.8, 4) is 0 Å². The second-order valence-corrected chi connectivity index (χ2v) is 2.63. The molecule has 0 aromatic heterocycles. The van der Waals surface area contributed by atoms with Crippen molar-refractivity contribution in [2.75, 3.05) is 0 Å². The fourth-order valence-corrected chi connectivity index (χ4v) is 0.642. The molecule has 0 amide bonds. The van der Waals surface area contributed by atoms with Crippen LogP contribution in [0.3, 0.4) is 0 Å². The predicted octanol–water partition coefficient (Wildman–Crippen LogP) is 2.60. The summed E-state index contributed by atoms with van der Waals surface area (Å²) in [6.45, 7) is 19.8. The van der Waals surface area contributed by atoms with Crippen LogP contribution >= 0.6 is 0 Å². The van der Waals surface area contributed by atoms with Crippen molar-refractivity contribution in [2.45, 2.75) is 6.92 Å². The Morgan fingerprint density at radius 1 is 0.565 bits per heavy atom. The largest absolute Gasteiger partial charge is 2.00 e. The molecule has 0 aliphatic heterocycles. The molecule has 2 rings (SSSR count). The molecular weight excluding hydrogens is 480 g/mol. The van der Waals surface area contributed by atoms with E-state index in [9.17, 15) is 0 Å². The molecule has 0 spiro atoms. The number of hydrogen-bond donors (Lipinski definition) is 0. The second kappa shape index (κ2) is 78.1. The van der Waals surface area contributed by atoms with Gasteiger partial charge in [-0.3, -0.25) is 0 Å². The third-order valence-electron chi connectivity index (χ3n) is 1.11.